The van der Waals surface area contributed by atoms with Gasteiger partial charge in [-0.25, -0.2) is 4.98 Å². The van der Waals surface area contributed by atoms with Gasteiger partial charge < -0.3 is 4.90 Å². The zero-order valence-electron chi connectivity index (χ0n) is 9.92. The van der Waals surface area contributed by atoms with E-state index in [1.807, 2.05) is 0 Å². The largest absolute Gasteiger partial charge is 0.357 e. The van der Waals surface area contributed by atoms with E-state index in [1.54, 1.807) is 0 Å². The highest BCUT2D eigenvalue weighted by molar-refractivity contribution is 6.17. The zero-order valence-corrected chi connectivity index (χ0v) is 10.7. The summed E-state index contributed by atoms with van der Waals surface area (Å²) in [6.45, 7) is 6.42. The van der Waals surface area contributed by atoms with Crippen LogP contribution in [0.1, 0.15) is 32.0 Å². The van der Waals surface area contributed by atoms with Gasteiger partial charge in [-0.3, -0.25) is 0 Å². The number of alkyl halides is 1. The van der Waals surface area contributed by atoms with Gasteiger partial charge in [0.1, 0.15) is 5.82 Å². The number of nitrogens with zero attached hydrogens (tertiary/aromatic N) is 2. The summed E-state index contributed by atoms with van der Waals surface area (Å²) in [5.74, 6) is 1.56. The molecule has 1 aromatic rings. The monoisotopic (exact) mass is 226 g/mol. The number of anilines is 1. The van der Waals surface area contributed by atoms with Gasteiger partial charge in [0.2, 0.25) is 0 Å². The van der Waals surface area contributed by atoms with Gasteiger partial charge in [0.15, 0.2) is 0 Å². The molecule has 1 heterocycles. The number of hydrogen-bond acceptors (Lipinski definition) is 2. The van der Waals surface area contributed by atoms with Crippen LogP contribution >= 0.6 is 11.6 Å². The predicted molar refractivity (Wildman–Crippen MR) is 66.7 cm³/mol. The van der Waals surface area contributed by atoms with Crippen LogP contribution in [-0.4, -0.2) is 18.1 Å². The Labute approximate surface area is 97.3 Å². The quantitative estimate of drug-likeness (QED) is 0.733. The summed E-state index contributed by atoms with van der Waals surface area (Å²) in [7, 11) is 2.06. The van der Waals surface area contributed by atoms with Crippen molar-refractivity contribution in [1.82, 2.24) is 4.98 Å². The van der Waals surface area contributed by atoms with E-state index in [4.69, 9.17) is 11.6 Å². The molecule has 0 amide bonds. The Morgan fingerprint density at radius 1 is 1.40 bits per heavy atom. The molecule has 2 nitrogen and oxygen atoms in total. The van der Waals surface area contributed by atoms with Crippen LogP contribution in [0.4, 0.5) is 5.82 Å². The fourth-order valence-electron chi connectivity index (χ4n) is 1.34. The van der Waals surface area contributed by atoms with Crippen molar-refractivity contribution >= 4 is 17.4 Å². The molecule has 3 heteroatoms. The Morgan fingerprint density at radius 2 is 2.07 bits per heavy atom. The van der Waals surface area contributed by atoms with E-state index in [-0.39, 0.29) is 0 Å². The molecule has 0 aliphatic rings. The molecular formula is C12H19ClN2. The van der Waals surface area contributed by atoms with Crippen LogP contribution in [0.25, 0.3) is 0 Å². The van der Waals surface area contributed by atoms with Crippen molar-refractivity contribution in [3.63, 3.8) is 0 Å². The van der Waals surface area contributed by atoms with E-state index in [1.165, 1.54) is 0 Å². The number of rotatable bonds is 4. The van der Waals surface area contributed by atoms with Crippen LogP contribution in [0, 0.1) is 0 Å². The van der Waals surface area contributed by atoms with Crippen molar-refractivity contribution < 1.29 is 0 Å². The van der Waals surface area contributed by atoms with Gasteiger partial charge in [0.25, 0.3) is 0 Å². The number of pyridine rings is 1. The average Bonchev–Trinajstić information content (AvgIpc) is 2.27. The predicted octanol–water partition coefficient (Wildman–Crippen LogP) is 3.23. The molecule has 0 radical (unpaired) electrons. The highest BCUT2D eigenvalue weighted by Gasteiger charge is 2.08. The number of halogens is 1. The van der Waals surface area contributed by atoms with E-state index in [2.05, 4.69) is 49.8 Å². The molecule has 1 aromatic heterocycles. The second kappa shape index (κ2) is 5.36. The van der Waals surface area contributed by atoms with Gasteiger partial charge in [-0.2, -0.15) is 0 Å². The molecule has 1 rings (SSSR count). The van der Waals surface area contributed by atoms with E-state index < -0.39 is 0 Å². The molecule has 0 aliphatic carbocycles. The van der Waals surface area contributed by atoms with Crippen molar-refractivity contribution in [2.45, 2.75) is 39.1 Å². The maximum atomic E-state index is 5.87. The Hall–Kier alpha value is -0.760. The maximum absolute atomic E-state index is 5.87. The third-order valence-electron chi connectivity index (χ3n) is 2.58. The Balaban J connectivity index is 3.06. The first-order valence-corrected chi connectivity index (χ1v) is 5.90. The van der Waals surface area contributed by atoms with Crippen molar-refractivity contribution in [3.8, 4) is 0 Å². The lowest BCUT2D eigenvalue weighted by atomic mass is 10.2. The maximum Gasteiger partial charge on any atom is 0.129 e. The fourth-order valence-corrected chi connectivity index (χ4v) is 1.49. The summed E-state index contributed by atoms with van der Waals surface area (Å²) in [5.41, 5.74) is 2.25. The SMILES string of the molecule is CCc1cc(CCl)cc(N(C)C(C)C)n1. The third-order valence-corrected chi connectivity index (χ3v) is 2.89. The first-order valence-electron chi connectivity index (χ1n) is 5.37. The summed E-state index contributed by atoms with van der Waals surface area (Å²) in [6.07, 6.45) is 0.948. The number of hydrogen-bond donors (Lipinski definition) is 0. The molecule has 0 aromatic carbocycles. The molecule has 15 heavy (non-hydrogen) atoms. The summed E-state index contributed by atoms with van der Waals surface area (Å²) in [4.78, 5) is 6.75. The third kappa shape index (κ3) is 3.10. The molecule has 0 saturated heterocycles. The average molecular weight is 227 g/mol. The van der Waals surface area contributed by atoms with Crippen molar-refractivity contribution in [3.05, 3.63) is 23.4 Å². The van der Waals surface area contributed by atoms with Gasteiger partial charge in [0, 0.05) is 24.7 Å². The second-order valence-corrected chi connectivity index (χ2v) is 4.28. The van der Waals surface area contributed by atoms with Gasteiger partial charge >= 0.3 is 0 Å². The van der Waals surface area contributed by atoms with Crippen molar-refractivity contribution in [2.24, 2.45) is 0 Å². The van der Waals surface area contributed by atoms with E-state index >= 15 is 0 Å². The van der Waals surface area contributed by atoms with Gasteiger partial charge in [-0.1, -0.05) is 6.92 Å². The zero-order chi connectivity index (χ0) is 11.4. The second-order valence-electron chi connectivity index (χ2n) is 4.02. The highest BCUT2D eigenvalue weighted by atomic mass is 35.5. The molecule has 0 bridgehead atoms. The van der Waals surface area contributed by atoms with E-state index in [0.29, 0.717) is 11.9 Å². The van der Waals surface area contributed by atoms with Crippen LogP contribution < -0.4 is 4.90 Å². The first kappa shape index (κ1) is 12.3. The lowest BCUT2D eigenvalue weighted by Gasteiger charge is -2.23. The van der Waals surface area contributed by atoms with Crippen LogP contribution in [0.5, 0.6) is 0 Å². The molecule has 84 valence electrons. The van der Waals surface area contributed by atoms with Crippen molar-refractivity contribution in [2.75, 3.05) is 11.9 Å². The number of aromatic nitrogens is 1. The topological polar surface area (TPSA) is 16.1 Å². The molecule has 0 atom stereocenters. The van der Waals surface area contributed by atoms with Crippen LogP contribution in [0.2, 0.25) is 0 Å². The van der Waals surface area contributed by atoms with Crippen molar-refractivity contribution in [1.29, 1.82) is 0 Å². The molecule has 0 spiro atoms. The Kier molecular flexibility index (Phi) is 4.40. The van der Waals surface area contributed by atoms with E-state index in [0.717, 1.165) is 23.5 Å². The fraction of sp³-hybridized carbons (Fsp3) is 0.583. The molecule has 0 fully saturated rings. The van der Waals surface area contributed by atoms with Crippen LogP contribution in [0.15, 0.2) is 12.1 Å². The lowest BCUT2D eigenvalue weighted by Crippen LogP contribution is -2.26. The molecule has 0 unspecified atom stereocenters. The van der Waals surface area contributed by atoms with Crippen LogP contribution in [-0.2, 0) is 12.3 Å². The lowest BCUT2D eigenvalue weighted by molar-refractivity contribution is 0.739. The van der Waals surface area contributed by atoms with Gasteiger partial charge in [-0.15, -0.1) is 11.6 Å². The summed E-state index contributed by atoms with van der Waals surface area (Å²) >= 11 is 5.87. The normalized spacial score (nSPS) is 10.8. The molecule has 0 N–H and O–H groups in total. The number of aryl methyl sites for hydroxylation is 1. The van der Waals surface area contributed by atoms with Gasteiger partial charge in [-0.05, 0) is 38.0 Å². The Bertz CT molecular complexity index is 301. The summed E-state index contributed by atoms with van der Waals surface area (Å²) in [6, 6.07) is 4.59. The molecule has 0 saturated carbocycles. The van der Waals surface area contributed by atoms with Crippen LogP contribution in [0.3, 0.4) is 0 Å². The minimum Gasteiger partial charge on any atom is -0.357 e. The first-order chi connectivity index (χ1) is 7.08. The molecule has 0 aliphatic heterocycles. The minimum absolute atomic E-state index is 0.452. The summed E-state index contributed by atoms with van der Waals surface area (Å²) in [5, 5.41) is 0. The Morgan fingerprint density at radius 3 is 2.53 bits per heavy atom. The standard InChI is InChI=1S/C12H19ClN2/c1-5-11-6-10(8-13)7-12(14-11)15(4)9(2)3/h6-7,9H,5,8H2,1-4H3. The van der Waals surface area contributed by atoms with E-state index in [9.17, 15) is 0 Å². The highest BCUT2D eigenvalue weighted by Crippen LogP contribution is 2.17. The summed E-state index contributed by atoms with van der Waals surface area (Å²) < 4.78 is 0. The smallest absolute Gasteiger partial charge is 0.129 e. The minimum atomic E-state index is 0.452. The molecular weight excluding hydrogens is 208 g/mol. The van der Waals surface area contributed by atoms with Gasteiger partial charge in [0.05, 0.1) is 0 Å².